The molecular formula is C13H18OS. The molecule has 82 valence electrons. The number of benzene rings is 1. The highest BCUT2D eigenvalue weighted by molar-refractivity contribution is 8.00. The predicted molar refractivity (Wildman–Crippen MR) is 66.2 cm³/mol. The van der Waals surface area contributed by atoms with E-state index in [-0.39, 0.29) is 10.9 Å². The van der Waals surface area contributed by atoms with Crippen LogP contribution in [0.2, 0.25) is 0 Å². The van der Waals surface area contributed by atoms with Crippen molar-refractivity contribution in [3.63, 3.8) is 0 Å². The second-order valence-corrected chi connectivity index (χ2v) is 6.21. The van der Waals surface area contributed by atoms with Gasteiger partial charge in [0.2, 0.25) is 0 Å². The molecule has 1 aliphatic heterocycles. The third-order valence-electron chi connectivity index (χ3n) is 3.22. The number of rotatable bonds is 2. The lowest BCUT2D eigenvalue weighted by atomic mass is 9.92. The molecule has 0 spiro atoms. The van der Waals surface area contributed by atoms with Crippen molar-refractivity contribution in [3.8, 4) is 0 Å². The van der Waals surface area contributed by atoms with E-state index < -0.39 is 0 Å². The molecule has 1 N–H and O–H groups in total. The Morgan fingerprint density at radius 3 is 2.53 bits per heavy atom. The van der Waals surface area contributed by atoms with E-state index >= 15 is 0 Å². The molecule has 2 unspecified atom stereocenters. The zero-order valence-electron chi connectivity index (χ0n) is 9.36. The topological polar surface area (TPSA) is 20.2 Å². The Balaban J connectivity index is 2.19. The van der Waals surface area contributed by atoms with Crippen LogP contribution in [-0.4, -0.2) is 15.6 Å². The Kier molecular flexibility index (Phi) is 3.08. The van der Waals surface area contributed by atoms with E-state index in [4.69, 9.17) is 0 Å². The van der Waals surface area contributed by atoms with Crippen LogP contribution in [0.25, 0.3) is 0 Å². The summed E-state index contributed by atoms with van der Waals surface area (Å²) in [7, 11) is 0. The molecule has 1 saturated heterocycles. The summed E-state index contributed by atoms with van der Waals surface area (Å²) in [4.78, 5) is 0. The number of aliphatic hydroxyl groups is 1. The summed E-state index contributed by atoms with van der Waals surface area (Å²) in [6.45, 7) is 4.25. The van der Waals surface area contributed by atoms with Crippen LogP contribution in [0.15, 0.2) is 24.3 Å². The van der Waals surface area contributed by atoms with Crippen molar-refractivity contribution in [1.29, 1.82) is 0 Å². The van der Waals surface area contributed by atoms with Crippen LogP contribution in [0, 0.1) is 6.92 Å². The largest absolute Gasteiger partial charge is 0.387 e. The summed E-state index contributed by atoms with van der Waals surface area (Å²) in [5.41, 5.74) is 2.30. The minimum absolute atomic E-state index is 0.0231. The van der Waals surface area contributed by atoms with Crippen molar-refractivity contribution in [3.05, 3.63) is 35.4 Å². The van der Waals surface area contributed by atoms with E-state index in [1.165, 1.54) is 17.7 Å². The molecule has 1 nitrogen and oxygen atoms in total. The number of hydrogen-bond donors (Lipinski definition) is 1. The summed E-state index contributed by atoms with van der Waals surface area (Å²) in [5.74, 6) is 1.18. The summed E-state index contributed by atoms with van der Waals surface area (Å²) in [6, 6.07) is 8.23. The molecule has 0 saturated carbocycles. The Bertz CT molecular complexity index is 325. The predicted octanol–water partition coefficient (Wildman–Crippen LogP) is 3.31. The molecule has 0 amide bonds. The fraction of sp³-hybridized carbons (Fsp3) is 0.538. The first kappa shape index (κ1) is 11.0. The van der Waals surface area contributed by atoms with E-state index in [9.17, 15) is 5.11 Å². The van der Waals surface area contributed by atoms with Gasteiger partial charge >= 0.3 is 0 Å². The highest BCUT2D eigenvalue weighted by Gasteiger charge is 2.37. The first-order valence-corrected chi connectivity index (χ1v) is 6.49. The molecule has 1 aromatic rings. The Hall–Kier alpha value is -0.470. The summed E-state index contributed by atoms with van der Waals surface area (Å²) >= 11 is 1.90. The number of aliphatic hydroxyl groups excluding tert-OH is 1. The standard InChI is InChI=1S/C13H18OS/c1-10-4-6-11(7-5-10)12(14)13(2)8-3-9-15-13/h4-7,12,14H,3,8-9H2,1-2H3. The van der Waals surface area contributed by atoms with Crippen LogP contribution in [0.3, 0.4) is 0 Å². The lowest BCUT2D eigenvalue weighted by Crippen LogP contribution is -2.26. The summed E-state index contributed by atoms with van der Waals surface area (Å²) in [5, 5.41) is 10.3. The van der Waals surface area contributed by atoms with Gasteiger partial charge in [-0.2, -0.15) is 11.8 Å². The van der Waals surface area contributed by atoms with E-state index in [0.717, 1.165) is 12.0 Å². The molecular weight excluding hydrogens is 204 g/mol. The van der Waals surface area contributed by atoms with E-state index in [1.807, 2.05) is 23.9 Å². The molecule has 15 heavy (non-hydrogen) atoms. The first-order valence-electron chi connectivity index (χ1n) is 5.50. The molecule has 0 bridgehead atoms. The molecule has 2 heteroatoms. The smallest absolute Gasteiger partial charge is 0.0933 e. The van der Waals surface area contributed by atoms with Gasteiger partial charge in [-0.25, -0.2) is 0 Å². The van der Waals surface area contributed by atoms with Crippen molar-refractivity contribution in [2.75, 3.05) is 5.75 Å². The van der Waals surface area contributed by atoms with Gasteiger partial charge in [0.25, 0.3) is 0 Å². The third-order valence-corrected chi connectivity index (χ3v) is 4.80. The van der Waals surface area contributed by atoms with Gasteiger partial charge in [0.1, 0.15) is 0 Å². The lowest BCUT2D eigenvalue weighted by Gasteiger charge is -2.29. The molecule has 0 aromatic heterocycles. The molecule has 1 heterocycles. The van der Waals surface area contributed by atoms with Crippen LogP contribution in [-0.2, 0) is 0 Å². The van der Waals surface area contributed by atoms with Crippen molar-refractivity contribution < 1.29 is 5.11 Å². The third kappa shape index (κ3) is 2.21. The average molecular weight is 222 g/mol. The average Bonchev–Trinajstić information content (AvgIpc) is 2.67. The number of hydrogen-bond acceptors (Lipinski definition) is 2. The Labute approximate surface area is 95.9 Å². The maximum Gasteiger partial charge on any atom is 0.0933 e. The number of aryl methyl sites for hydroxylation is 1. The highest BCUT2D eigenvalue weighted by atomic mass is 32.2. The van der Waals surface area contributed by atoms with Crippen molar-refractivity contribution in [2.45, 2.75) is 37.5 Å². The molecule has 2 rings (SSSR count). The van der Waals surface area contributed by atoms with Gasteiger partial charge in [-0.05, 0) is 38.0 Å². The Morgan fingerprint density at radius 1 is 1.33 bits per heavy atom. The van der Waals surface area contributed by atoms with Crippen LogP contribution in [0.4, 0.5) is 0 Å². The summed E-state index contributed by atoms with van der Waals surface area (Å²) < 4.78 is 0.0231. The minimum atomic E-state index is -0.328. The van der Waals surface area contributed by atoms with E-state index in [2.05, 4.69) is 26.0 Å². The first-order chi connectivity index (χ1) is 7.12. The van der Waals surface area contributed by atoms with Gasteiger partial charge in [0.05, 0.1) is 6.10 Å². The molecule has 0 radical (unpaired) electrons. The molecule has 2 atom stereocenters. The number of thioether (sulfide) groups is 1. The minimum Gasteiger partial charge on any atom is -0.387 e. The second-order valence-electron chi connectivity index (χ2n) is 4.58. The van der Waals surface area contributed by atoms with Gasteiger partial charge in [0.15, 0.2) is 0 Å². The van der Waals surface area contributed by atoms with Gasteiger partial charge in [-0.1, -0.05) is 29.8 Å². The van der Waals surface area contributed by atoms with Gasteiger partial charge in [-0.15, -0.1) is 0 Å². The van der Waals surface area contributed by atoms with Crippen LogP contribution < -0.4 is 0 Å². The van der Waals surface area contributed by atoms with Gasteiger partial charge in [-0.3, -0.25) is 0 Å². The molecule has 1 fully saturated rings. The van der Waals surface area contributed by atoms with Crippen LogP contribution >= 0.6 is 11.8 Å². The monoisotopic (exact) mass is 222 g/mol. The van der Waals surface area contributed by atoms with Crippen molar-refractivity contribution >= 4 is 11.8 Å². The maximum atomic E-state index is 10.3. The second kappa shape index (κ2) is 4.18. The fourth-order valence-corrected chi connectivity index (χ4v) is 3.46. The molecule has 0 aliphatic carbocycles. The SMILES string of the molecule is Cc1ccc(C(O)C2(C)CCCS2)cc1. The zero-order valence-corrected chi connectivity index (χ0v) is 10.2. The van der Waals surface area contributed by atoms with Crippen LogP contribution in [0.1, 0.15) is 37.0 Å². The van der Waals surface area contributed by atoms with Gasteiger partial charge in [0, 0.05) is 4.75 Å². The highest BCUT2D eigenvalue weighted by Crippen LogP contribution is 2.46. The molecule has 1 aliphatic rings. The fourth-order valence-electron chi connectivity index (χ4n) is 2.12. The normalized spacial score (nSPS) is 27.9. The summed E-state index contributed by atoms with van der Waals surface area (Å²) in [6.07, 6.45) is 2.02. The Morgan fingerprint density at radius 2 is 2.00 bits per heavy atom. The lowest BCUT2D eigenvalue weighted by molar-refractivity contribution is 0.135. The zero-order chi connectivity index (χ0) is 10.9. The van der Waals surface area contributed by atoms with Gasteiger partial charge < -0.3 is 5.11 Å². The quantitative estimate of drug-likeness (QED) is 0.828. The van der Waals surface area contributed by atoms with E-state index in [1.54, 1.807) is 0 Å². The van der Waals surface area contributed by atoms with Crippen molar-refractivity contribution in [1.82, 2.24) is 0 Å². The maximum absolute atomic E-state index is 10.3. The van der Waals surface area contributed by atoms with E-state index in [0.29, 0.717) is 0 Å². The molecule has 1 aromatic carbocycles. The van der Waals surface area contributed by atoms with Crippen LogP contribution in [0.5, 0.6) is 0 Å². The van der Waals surface area contributed by atoms with Crippen molar-refractivity contribution in [2.24, 2.45) is 0 Å².